The SMILES string of the molecule is Cc1nn(C)c(C)c1NC(=O)C[NH+]1CC[NH+](C)CC1. The van der Waals surface area contributed by atoms with Gasteiger partial charge in [0.15, 0.2) is 6.54 Å². The maximum absolute atomic E-state index is 12.1. The van der Waals surface area contributed by atoms with Gasteiger partial charge in [-0.1, -0.05) is 0 Å². The highest BCUT2D eigenvalue weighted by atomic mass is 16.2. The Bertz CT molecular complexity index is 460. The molecule has 0 bridgehead atoms. The van der Waals surface area contributed by atoms with Gasteiger partial charge in [-0.15, -0.1) is 0 Å². The maximum atomic E-state index is 12.1. The minimum atomic E-state index is 0.0914. The predicted octanol–water partition coefficient (Wildman–Crippen LogP) is -2.61. The molecule has 2 rings (SSSR count). The van der Waals surface area contributed by atoms with E-state index < -0.39 is 0 Å². The Kier molecular flexibility index (Phi) is 4.21. The summed E-state index contributed by atoms with van der Waals surface area (Å²) in [5.41, 5.74) is 2.75. The molecule has 0 saturated carbocycles. The minimum Gasteiger partial charge on any atom is -0.328 e. The van der Waals surface area contributed by atoms with Crippen LogP contribution in [0.2, 0.25) is 0 Å². The van der Waals surface area contributed by atoms with Crippen molar-refractivity contribution in [3.63, 3.8) is 0 Å². The van der Waals surface area contributed by atoms with Crippen molar-refractivity contribution in [2.75, 3.05) is 45.1 Å². The number of aromatic nitrogens is 2. The number of likely N-dealkylation sites (N-methyl/N-ethyl adjacent to an activating group) is 1. The van der Waals surface area contributed by atoms with Crippen LogP contribution in [0.3, 0.4) is 0 Å². The van der Waals surface area contributed by atoms with Crippen LogP contribution in [0.4, 0.5) is 5.69 Å². The van der Waals surface area contributed by atoms with Crippen molar-refractivity contribution in [3.8, 4) is 0 Å². The Labute approximate surface area is 114 Å². The third kappa shape index (κ3) is 3.33. The number of nitrogens with zero attached hydrogens (tertiary/aromatic N) is 2. The summed E-state index contributed by atoms with van der Waals surface area (Å²) in [5, 5.41) is 7.32. The van der Waals surface area contributed by atoms with Gasteiger partial charge in [0.05, 0.1) is 24.1 Å². The zero-order chi connectivity index (χ0) is 14.0. The molecule has 1 aliphatic rings. The fraction of sp³-hybridized carbons (Fsp3) is 0.692. The molecule has 0 atom stereocenters. The summed E-state index contributed by atoms with van der Waals surface area (Å²) in [7, 11) is 4.10. The van der Waals surface area contributed by atoms with Crippen LogP contribution < -0.4 is 15.1 Å². The van der Waals surface area contributed by atoms with E-state index in [0.29, 0.717) is 6.54 Å². The lowest BCUT2D eigenvalue weighted by molar-refractivity contribution is -0.999. The highest BCUT2D eigenvalue weighted by Crippen LogP contribution is 2.17. The molecule has 6 heteroatoms. The highest BCUT2D eigenvalue weighted by Gasteiger charge is 2.23. The summed E-state index contributed by atoms with van der Waals surface area (Å²) in [6.45, 7) is 8.90. The zero-order valence-corrected chi connectivity index (χ0v) is 12.3. The second-order valence-electron chi connectivity index (χ2n) is 5.60. The monoisotopic (exact) mass is 267 g/mol. The van der Waals surface area contributed by atoms with Crippen molar-refractivity contribution >= 4 is 11.6 Å². The van der Waals surface area contributed by atoms with E-state index in [2.05, 4.69) is 17.5 Å². The van der Waals surface area contributed by atoms with Gasteiger partial charge in [-0.25, -0.2) is 0 Å². The van der Waals surface area contributed by atoms with Crippen LogP contribution in [0.15, 0.2) is 0 Å². The predicted molar refractivity (Wildman–Crippen MR) is 73.5 cm³/mol. The van der Waals surface area contributed by atoms with Gasteiger partial charge in [0, 0.05) is 7.05 Å². The zero-order valence-electron chi connectivity index (χ0n) is 12.3. The second kappa shape index (κ2) is 5.71. The van der Waals surface area contributed by atoms with Gasteiger partial charge in [0.1, 0.15) is 26.2 Å². The van der Waals surface area contributed by atoms with E-state index in [1.165, 1.54) is 4.90 Å². The standard InChI is InChI=1S/C13H23N5O/c1-10-13(11(2)17(4)15-10)14-12(19)9-18-7-5-16(3)6-8-18/h5-9H2,1-4H3,(H,14,19)/p+2. The molecule has 1 saturated heterocycles. The molecular formula is C13H25N5O+2. The number of anilines is 1. The van der Waals surface area contributed by atoms with Gasteiger partial charge < -0.3 is 15.1 Å². The molecule has 19 heavy (non-hydrogen) atoms. The number of hydrogen-bond acceptors (Lipinski definition) is 2. The van der Waals surface area contributed by atoms with E-state index in [0.717, 1.165) is 43.3 Å². The van der Waals surface area contributed by atoms with Gasteiger partial charge in [-0.3, -0.25) is 9.48 Å². The fourth-order valence-corrected chi connectivity index (χ4v) is 2.57. The van der Waals surface area contributed by atoms with E-state index in [-0.39, 0.29) is 5.91 Å². The molecule has 1 aromatic rings. The van der Waals surface area contributed by atoms with Gasteiger partial charge in [0.25, 0.3) is 5.91 Å². The molecule has 0 radical (unpaired) electrons. The number of piperazine rings is 1. The Balaban J connectivity index is 1.91. The largest absolute Gasteiger partial charge is 0.328 e. The molecule has 6 nitrogen and oxygen atoms in total. The van der Waals surface area contributed by atoms with E-state index in [4.69, 9.17) is 0 Å². The molecule has 0 unspecified atom stereocenters. The normalized spacial score (nSPS) is 23.4. The molecule has 0 spiro atoms. The second-order valence-corrected chi connectivity index (χ2v) is 5.60. The van der Waals surface area contributed by atoms with Crippen LogP contribution >= 0.6 is 0 Å². The van der Waals surface area contributed by atoms with Crippen molar-refractivity contribution in [3.05, 3.63) is 11.4 Å². The molecule has 106 valence electrons. The fourth-order valence-electron chi connectivity index (χ4n) is 2.57. The number of carbonyl (C=O) groups excluding carboxylic acids is 1. The molecule has 3 N–H and O–H groups in total. The number of quaternary nitrogens is 2. The summed E-state index contributed by atoms with van der Waals surface area (Å²) in [5.74, 6) is 0.0914. The van der Waals surface area contributed by atoms with Gasteiger partial charge in [-0.05, 0) is 13.8 Å². The summed E-state index contributed by atoms with van der Waals surface area (Å²) < 4.78 is 1.80. The number of nitrogens with one attached hydrogen (secondary N) is 3. The number of carbonyl (C=O) groups is 1. The minimum absolute atomic E-state index is 0.0914. The first-order valence-electron chi connectivity index (χ1n) is 6.92. The maximum Gasteiger partial charge on any atom is 0.279 e. The third-order valence-corrected chi connectivity index (χ3v) is 3.99. The van der Waals surface area contributed by atoms with Crippen LogP contribution in [0.25, 0.3) is 0 Å². The summed E-state index contributed by atoms with van der Waals surface area (Å²) >= 11 is 0. The lowest BCUT2D eigenvalue weighted by atomic mass is 10.3. The van der Waals surface area contributed by atoms with Gasteiger partial charge in [0.2, 0.25) is 0 Å². The summed E-state index contributed by atoms with van der Waals surface area (Å²) in [6, 6.07) is 0. The topological polar surface area (TPSA) is 55.8 Å². The quantitative estimate of drug-likeness (QED) is 0.562. The molecule has 0 aliphatic carbocycles. The number of hydrogen-bond donors (Lipinski definition) is 3. The Hall–Kier alpha value is -1.40. The first kappa shape index (κ1) is 14.0. The van der Waals surface area contributed by atoms with E-state index >= 15 is 0 Å². The number of aryl methyl sites for hydroxylation is 2. The summed E-state index contributed by atoms with van der Waals surface area (Å²) in [6.07, 6.45) is 0. The van der Waals surface area contributed by atoms with Gasteiger partial charge >= 0.3 is 0 Å². The lowest BCUT2D eigenvalue weighted by Crippen LogP contribution is -3.27. The Morgan fingerprint density at radius 2 is 1.95 bits per heavy atom. The van der Waals surface area contributed by atoms with E-state index in [9.17, 15) is 4.79 Å². The first-order chi connectivity index (χ1) is 8.97. The molecule has 0 aromatic carbocycles. The highest BCUT2D eigenvalue weighted by molar-refractivity contribution is 5.92. The smallest absolute Gasteiger partial charge is 0.279 e. The van der Waals surface area contributed by atoms with Crippen molar-refractivity contribution in [1.82, 2.24) is 9.78 Å². The van der Waals surface area contributed by atoms with Crippen LogP contribution in [0, 0.1) is 13.8 Å². The third-order valence-electron chi connectivity index (χ3n) is 3.99. The number of amides is 1. The molecule has 1 amide bonds. The van der Waals surface area contributed by atoms with Crippen molar-refractivity contribution < 1.29 is 14.6 Å². The molecule has 1 fully saturated rings. The van der Waals surface area contributed by atoms with Crippen LogP contribution in [0.5, 0.6) is 0 Å². The van der Waals surface area contributed by atoms with Crippen molar-refractivity contribution in [2.24, 2.45) is 7.05 Å². The Morgan fingerprint density at radius 1 is 1.32 bits per heavy atom. The van der Waals surface area contributed by atoms with Gasteiger partial charge in [-0.2, -0.15) is 5.10 Å². The molecular weight excluding hydrogens is 242 g/mol. The lowest BCUT2D eigenvalue weighted by Gasteiger charge is -2.26. The molecule has 2 heterocycles. The van der Waals surface area contributed by atoms with Crippen molar-refractivity contribution in [2.45, 2.75) is 13.8 Å². The first-order valence-corrected chi connectivity index (χ1v) is 6.92. The average molecular weight is 267 g/mol. The number of rotatable bonds is 3. The average Bonchev–Trinajstić information content (AvgIpc) is 2.59. The van der Waals surface area contributed by atoms with Crippen molar-refractivity contribution in [1.29, 1.82) is 0 Å². The van der Waals surface area contributed by atoms with Crippen LogP contribution in [-0.4, -0.2) is 55.5 Å². The van der Waals surface area contributed by atoms with Crippen LogP contribution in [-0.2, 0) is 11.8 Å². The summed E-state index contributed by atoms with van der Waals surface area (Å²) in [4.78, 5) is 15.0. The molecule has 1 aromatic heterocycles. The van der Waals surface area contributed by atoms with E-state index in [1.807, 2.05) is 20.9 Å². The molecule has 1 aliphatic heterocycles. The van der Waals surface area contributed by atoms with E-state index in [1.54, 1.807) is 9.58 Å². The Morgan fingerprint density at radius 3 is 2.47 bits per heavy atom. The van der Waals surface area contributed by atoms with Crippen LogP contribution in [0.1, 0.15) is 11.4 Å².